The third-order valence-corrected chi connectivity index (χ3v) is 6.41. The van der Waals surface area contributed by atoms with Gasteiger partial charge in [0, 0.05) is 17.0 Å². The van der Waals surface area contributed by atoms with Crippen molar-refractivity contribution in [1.82, 2.24) is 19.5 Å². The van der Waals surface area contributed by atoms with Crippen LogP contribution in [-0.2, 0) is 4.79 Å². The number of amides is 1. The molecule has 0 saturated heterocycles. The van der Waals surface area contributed by atoms with Crippen LogP contribution in [0.2, 0.25) is 5.02 Å². The molecule has 1 fully saturated rings. The van der Waals surface area contributed by atoms with Gasteiger partial charge < -0.3 is 21.5 Å². The van der Waals surface area contributed by atoms with Gasteiger partial charge in [0.15, 0.2) is 17.3 Å². The monoisotopic (exact) mass is 493 g/mol. The smallest absolute Gasteiger partial charge is 0.225 e. The Labute approximate surface area is 199 Å². The van der Waals surface area contributed by atoms with Crippen molar-refractivity contribution in [3.63, 3.8) is 0 Å². The average molecular weight is 494 g/mol. The highest BCUT2D eigenvalue weighted by molar-refractivity contribution is 6.30. The summed E-state index contributed by atoms with van der Waals surface area (Å²) in [5.41, 5.74) is 5.98. The minimum Gasteiger partial charge on any atom is -0.394 e. The van der Waals surface area contributed by atoms with Gasteiger partial charge in [0.05, 0.1) is 18.8 Å². The fourth-order valence-corrected chi connectivity index (χ4v) is 4.44. The normalized spacial score (nSPS) is 19.2. The van der Waals surface area contributed by atoms with E-state index in [0.717, 1.165) is 12.1 Å². The second kappa shape index (κ2) is 10.1. The van der Waals surface area contributed by atoms with E-state index in [9.17, 15) is 18.7 Å². The maximum atomic E-state index is 14.5. The lowest BCUT2D eigenvalue weighted by molar-refractivity contribution is -0.122. The summed E-state index contributed by atoms with van der Waals surface area (Å²) in [5, 5.41) is 15.3. The Morgan fingerprint density at radius 2 is 1.94 bits per heavy atom. The predicted molar refractivity (Wildman–Crippen MR) is 125 cm³/mol. The fourth-order valence-electron chi connectivity index (χ4n) is 4.25. The third kappa shape index (κ3) is 4.90. The van der Waals surface area contributed by atoms with E-state index in [2.05, 4.69) is 25.6 Å². The van der Waals surface area contributed by atoms with Crippen LogP contribution < -0.4 is 16.4 Å². The molecule has 34 heavy (non-hydrogen) atoms. The van der Waals surface area contributed by atoms with Crippen LogP contribution in [0.1, 0.15) is 45.1 Å². The number of fused-ring (bicyclic) bond motifs is 1. The van der Waals surface area contributed by atoms with E-state index < -0.39 is 11.6 Å². The number of primary amides is 1. The summed E-state index contributed by atoms with van der Waals surface area (Å²) in [6.45, 7) is 1.83. The summed E-state index contributed by atoms with van der Waals surface area (Å²) >= 11 is 5.76. The molecule has 1 atom stereocenters. The minimum atomic E-state index is -0.858. The molecule has 3 aromatic rings. The molecule has 1 aliphatic rings. The average Bonchev–Trinajstić information content (AvgIpc) is 3.17. The second-order valence-electron chi connectivity index (χ2n) is 8.42. The number of carbonyl (C=O) groups is 1. The lowest BCUT2D eigenvalue weighted by Gasteiger charge is -2.29. The Morgan fingerprint density at radius 1 is 1.26 bits per heavy atom. The van der Waals surface area contributed by atoms with Crippen LogP contribution in [0.25, 0.3) is 11.2 Å². The molecule has 0 radical (unpaired) electrons. The van der Waals surface area contributed by atoms with Gasteiger partial charge in [0.25, 0.3) is 0 Å². The molecule has 0 unspecified atom stereocenters. The largest absolute Gasteiger partial charge is 0.394 e. The van der Waals surface area contributed by atoms with E-state index in [0.29, 0.717) is 49.2 Å². The maximum Gasteiger partial charge on any atom is 0.225 e. The van der Waals surface area contributed by atoms with Crippen LogP contribution >= 0.6 is 11.6 Å². The first kappa shape index (κ1) is 24.1. The van der Waals surface area contributed by atoms with Gasteiger partial charge in [-0.2, -0.15) is 4.98 Å². The highest BCUT2D eigenvalue weighted by Crippen LogP contribution is 2.37. The summed E-state index contributed by atoms with van der Waals surface area (Å²) in [4.78, 5) is 25.0. The van der Waals surface area contributed by atoms with Gasteiger partial charge >= 0.3 is 0 Å². The second-order valence-corrected chi connectivity index (χ2v) is 8.85. The molecular weight excluding hydrogens is 468 g/mol. The number of hydrogen-bond donors (Lipinski definition) is 4. The molecule has 1 aliphatic carbocycles. The van der Waals surface area contributed by atoms with Crippen molar-refractivity contribution < 1.29 is 18.7 Å². The van der Waals surface area contributed by atoms with Crippen molar-refractivity contribution in [3.05, 3.63) is 35.0 Å². The van der Waals surface area contributed by atoms with Crippen LogP contribution in [0.3, 0.4) is 0 Å². The standard InChI is InChI=1S/C22H26ClF2N7O2/c1-2-13(10-33)28-21-27-9-17-20(31-21)32(14-5-3-11(4-6-14)19(26)34)22(29-17)30-18-15(24)7-12(23)8-16(18)25/h7-9,11,13-14,33H,2-6,10H2,1H3,(H2,26,34)(H,29,30)(H,27,28,31)/t11-,13-,14-/m0/s1. The van der Waals surface area contributed by atoms with Gasteiger partial charge in [-0.3, -0.25) is 9.36 Å². The molecule has 12 heteroatoms. The molecule has 2 aromatic heterocycles. The molecule has 9 nitrogen and oxygen atoms in total. The Bertz CT molecular complexity index is 1170. The van der Waals surface area contributed by atoms with Crippen LogP contribution in [-0.4, -0.2) is 43.2 Å². The quantitative estimate of drug-likeness (QED) is 0.374. The number of nitrogens with zero attached hydrogens (tertiary/aromatic N) is 4. The number of rotatable bonds is 8. The first-order valence-electron chi connectivity index (χ1n) is 11.1. The van der Waals surface area contributed by atoms with Crippen molar-refractivity contribution in [2.24, 2.45) is 11.7 Å². The van der Waals surface area contributed by atoms with Crippen LogP contribution in [0, 0.1) is 17.6 Å². The molecule has 0 bridgehead atoms. The number of anilines is 3. The van der Waals surface area contributed by atoms with Crippen molar-refractivity contribution in [1.29, 1.82) is 0 Å². The molecule has 4 rings (SSSR count). The van der Waals surface area contributed by atoms with Crippen molar-refractivity contribution >= 4 is 46.3 Å². The van der Waals surface area contributed by atoms with E-state index in [4.69, 9.17) is 17.3 Å². The summed E-state index contributed by atoms with van der Waals surface area (Å²) in [7, 11) is 0. The van der Waals surface area contributed by atoms with Crippen LogP contribution in [0.5, 0.6) is 0 Å². The molecule has 1 amide bonds. The highest BCUT2D eigenvalue weighted by atomic mass is 35.5. The number of hydrogen-bond acceptors (Lipinski definition) is 7. The van der Waals surface area contributed by atoms with Crippen molar-refractivity contribution in [3.8, 4) is 0 Å². The number of imidazole rings is 1. The number of aliphatic hydroxyl groups excluding tert-OH is 1. The first-order chi connectivity index (χ1) is 16.3. The Hall–Kier alpha value is -3.05. The molecular formula is C22H26ClF2N7O2. The van der Waals surface area contributed by atoms with E-state index >= 15 is 0 Å². The van der Waals surface area contributed by atoms with Crippen LogP contribution in [0.15, 0.2) is 18.3 Å². The van der Waals surface area contributed by atoms with E-state index in [-0.39, 0.29) is 47.2 Å². The van der Waals surface area contributed by atoms with E-state index in [1.807, 2.05) is 6.92 Å². The Balaban J connectivity index is 1.76. The Kier molecular flexibility index (Phi) is 7.13. The number of benzene rings is 1. The van der Waals surface area contributed by atoms with Gasteiger partial charge in [-0.05, 0) is 44.2 Å². The Morgan fingerprint density at radius 3 is 2.53 bits per heavy atom. The number of aliphatic hydroxyl groups is 1. The van der Waals surface area contributed by atoms with Crippen LogP contribution in [0.4, 0.5) is 26.4 Å². The molecule has 0 spiro atoms. The lowest BCUT2D eigenvalue weighted by atomic mass is 9.85. The zero-order valence-corrected chi connectivity index (χ0v) is 19.3. The van der Waals surface area contributed by atoms with E-state index in [1.54, 1.807) is 4.57 Å². The molecule has 2 heterocycles. The van der Waals surface area contributed by atoms with Gasteiger partial charge in [-0.25, -0.2) is 18.7 Å². The zero-order valence-electron chi connectivity index (χ0n) is 18.6. The summed E-state index contributed by atoms with van der Waals surface area (Å²) < 4.78 is 30.8. The molecule has 1 aromatic carbocycles. The van der Waals surface area contributed by atoms with Crippen molar-refractivity contribution in [2.45, 2.75) is 51.1 Å². The number of carbonyl (C=O) groups excluding carboxylic acids is 1. The molecule has 0 aliphatic heterocycles. The molecule has 182 valence electrons. The number of aromatic nitrogens is 4. The van der Waals surface area contributed by atoms with E-state index in [1.165, 1.54) is 6.20 Å². The van der Waals surface area contributed by atoms with Gasteiger partial charge in [0.1, 0.15) is 11.2 Å². The minimum absolute atomic E-state index is 0.0604. The maximum absolute atomic E-state index is 14.5. The molecule has 1 saturated carbocycles. The van der Waals surface area contributed by atoms with Gasteiger partial charge in [-0.1, -0.05) is 18.5 Å². The fraction of sp³-hybridized carbons (Fsp3) is 0.455. The van der Waals surface area contributed by atoms with Crippen molar-refractivity contribution in [2.75, 3.05) is 17.2 Å². The van der Waals surface area contributed by atoms with Gasteiger partial charge in [-0.15, -0.1) is 0 Å². The summed E-state index contributed by atoms with van der Waals surface area (Å²) in [5.74, 6) is -1.77. The molecule has 5 N–H and O–H groups in total. The number of halogens is 3. The number of nitrogens with two attached hydrogens (primary N) is 1. The summed E-state index contributed by atoms with van der Waals surface area (Å²) in [6.07, 6.45) is 4.57. The first-order valence-corrected chi connectivity index (χ1v) is 11.5. The predicted octanol–water partition coefficient (Wildman–Crippen LogP) is 3.90. The van der Waals surface area contributed by atoms with Gasteiger partial charge in [0.2, 0.25) is 17.8 Å². The summed E-state index contributed by atoms with van der Waals surface area (Å²) in [6, 6.07) is 1.66. The SMILES string of the molecule is CC[C@@H](CO)Nc1ncc2nc(Nc3c(F)cc(Cl)cc3F)n([C@H]3CC[C@H](C(N)=O)CC3)c2n1. The zero-order chi connectivity index (χ0) is 24.4. The number of nitrogens with one attached hydrogen (secondary N) is 2. The highest BCUT2D eigenvalue weighted by Gasteiger charge is 2.29. The topological polar surface area (TPSA) is 131 Å². The third-order valence-electron chi connectivity index (χ3n) is 6.19. The lowest BCUT2D eigenvalue weighted by Crippen LogP contribution is -2.29.